The number of aromatic nitrogens is 2. The van der Waals surface area contributed by atoms with Gasteiger partial charge >= 0.3 is 5.97 Å². The molecule has 1 aromatic carbocycles. The van der Waals surface area contributed by atoms with Gasteiger partial charge in [0.15, 0.2) is 0 Å². The standard InChI is InChI=1S/C14H16ClN3O3/c1-2-7-18(9-13(19)20)8-12-16-14(17-21-12)10-3-5-11(15)6-4-10/h3-6H,2,7-9H2,1H3,(H,19,20). The first kappa shape index (κ1) is 15.5. The Labute approximate surface area is 127 Å². The fourth-order valence-electron chi connectivity index (χ4n) is 1.95. The summed E-state index contributed by atoms with van der Waals surface area (Å²) in [4.78, 5) is 16.8. The van der Waals surface area contributed by atoms with Crippen molar-refractivity contribution in [2.24, 2.45) is 0 Å². The third kappa shape index (κ3) is 4.54. The van der Waals surface area contributed by atoms with Gasteiger partial charge in [-0.1, -0.05) is 23.7 Å². The molecule has 0 amide bonds. The molecule has 0 aliphatic rings. The molecule has 0 atom stereocenters. The van der Waals surface area contributed by atoms with E-state index in [0.29, 0.717) is 29.8 Å². The lowest BCUT2D eigenvalue weighted by Gasteiger charge is -2.16. The molecular weight excluding hydrogens is 294 g/mol. The lowest BCUT2D eigenvalue weighted by Crippen LogP contribution is -2.30. The van der Waals surface area contributed by atoms with Crippen molar-refractivity contribution in [3.05, 3.63) is 35.2 Å². The van der Waals surface area contributed by atoms with Crippen LogP contribution in [0.5, 0.6) is 0 Å². The Balaban J connectivity index is 2.07. The van der Waals surface area contributed by atoms with Gasteiger partial charge in [0.05, 0.1) is 13.1 Å². The van der Waals surface area contributed by atoms with Crippen molar-refractivity contribution in [2.75, 3.05) is 13.1 Å². The lowest BCUT2D eigenvalue weighted by molar-refractivity contribution is -0.138. The lowest BCUT2D eigenvalue weighted by atomic mass is 10.2. The molecule has 0 spiro atoms. The highest BCUT2D eigenvalue weighted by Gasteiger charge is 2.14. The summed E-state index contributed by atoms with van der Waals surface area (Å²) in [5, 5.41) is 13.4. The van der Waals surface area contributed by atoms with Crippen LogP contribution in [0.2, 0.25) is 5.02 Å². The van der Waals surface area contributed by atoms with Gasteiger partial charge in [0.25, 0.3) is 0 Å². The van der Waals surface area contributed by atoms with Gasteiger partial charge in [0.2, 0.25) is 11.7 Å². The minimum atomic E-state index is -0.874. The number of hydrogen-bond donors (Lipinski definition) is 1. The number of carbonyl (C=O) groups is 1. The number of rotatable bonds is 7. The first-order chi connectivity index (χ1) is 10.1. The van der Waals surface area contributed by atoms with Gasteiger partial charge in [-0.3, -0.25) is 9.69 Å². The fraction of sp³-hybridized carbons (Fsp3) is 0.357. The van der Waals surface area contributed by atoms with Crippen LogP contribution in [0.4, 0.5) is 0 Å². The van der Waals surface area contributed by atoms with Crippen molar-refractivity contribution in [3.63, 3.8) is 0 Å². The average Bonchev–Trinajstić information content (AvgIpc) is 2.87. The zero-order valence-electron chi connectivity index (χ0n) is 11.6. The molecule has 112 valence electrons. The van der Waals surface area contributed by atoms with Crippen LogP contribution in [0.25, 0.3) is 11.4 Å². The predicted molar refractivity (Wildman–Crippen MR) is 77.9 cm³/mol. The average molecular weight is 310 g/mol. The highest BCUT2D eigenvalue weighted by molar-refractivity contribution is 6.30. The molecule has 0 saturated heterocycles. The van der Waals surface area contributed by atoms with E-state index >= 15 is 0 Å². The van der Waals surface area contributed by atoms with Crippen molar-refractivity contribution in [1.29, 1.82) is 0 Å². The van der Waals surface area contributed by atoms with Gasteiger partial charge < -0.3 is 9.63 Å². The quantitative estimate of drug-likeness (QED) is 0.847. The summed E-state index contributed by atoms with van der Waals surface area (Å²) in [5.74, 6) is -0.0102. The van der Waals surface area contributed by atoms with Crippen molar-refractivity contribution >= 4 is 17.6 Å². The zero-order chi connectivity index (χ0) is 15.2. The van der Waals surface area contributed by atoms with E-state index < -0.39 is 5.97 Å². The van der Waals surface area contributed by atoms with Crippen LogP contribution in [0.15, 0.2) is 28.8 Å². The zero-order valence-corrected chi connectivity index (χ0v) is 12.4. The van der Waals surface area contributed by atoms with E-state index in [-0.39, 0.29) is 6.54 Å². The van der Waals surface area contributed by atoms with E-state index in [4.69, 9.17) is 21.2 Å². The smallest absolute Gasteiger partial charge is 0.317 e. The summed E-state index contributed by atoms with van der Waals surface area (Å²) in [6.07, 6.45) is 0.853. The van der Waals surface area contributed by atoms with Gasteiger partial charge in [-0.25, -0.2) is 0 Å². The Hall–Kier alpha value is -1.92. The maximum Gasteiger partial charge on any atom is 0.317 e. The second-order valence-electron chi connectivity index (χ2n) is 4.62. The number of nitrogens with zero attached hydrogens (tertiary/aromatic N) is 3. The maximum absolute atomic E-state index is 10.8. The number of hydrogen-bond acceptors (Lipinski definition) is 5. The van der Waals surface area contributed by atoms with Crippen molar-refractivity contribution in [1.82, 2.24) is 15.0 Å². The summed E-state index contributed by atoms with van der Waals surface area (Å²) >= 11 is 5.83. The maximum atomic E-state index is 10.8. The largest absolute Gasteiger partial charge is 0.480 e. The Morgan fingerprint density at radius 1 is 1.38 bits per heavy atom. The van der Waals surface area contributed by atoms with E-state index in [1.54, 1.807) is 29.2 Å². The van der Waals surface area contributed by atoms with Crippen LogP contribution in [0.1, 0.15) is 19.2 Å². The second kappa shape index (κ2) is 7.19. The number of aliphatic carboxylic acids is 1. The van der Waals surface area contributed by atoms with Gasteiger partial charge in [-0.15, -0.1) is 0 Å². The van der Waals surface area contributed by atoms with Gasteiger partial charge in [0.1, 0.15) is 0 Å². The van der Waals surface area contributed by atoms with Gasteiger partial charge in [-0.05, 0) is 37.2 Å². The van der Waals surface area contributed by atoms with E-state index in [0.717, 1.165) is 12.0 Å². The summed E-state index contributed by atoms with van der Waals surface area (Å²) in [5.41, 5.74) is 0.801. The van der Waals surface area contributed by atoms with Crippen LogP contribution in [-0.4, -0.2) is 39.2 Å². The summed E-state index contributed by atoms with van der Waals surface area (Å²) in [6, 6.07) is 7.11. The Bertz CT molecular complexity index is 598. The molecular formula is C14H16ClN3O3. The van der Waals surface area contributed by atoms with Crippen LogP contribution in [0, 0.1) is 0 Å². The summed E-state index contributed by atoms with van der Waals surface area (Å²) in [7, 11) is 0. The molecule has 2 aromatic rings. The highest BCUT2D eigenvalue weighted by Crippen LogP contribution is 2.19. The molecule has 0 bridgehead atoms. The number of carboxylic acid groups (broad SMARTS) is 1. The normalized spacial score (nSPS) is 11.0. The minimum Gasteiger partial charge on any atom is -0.480 e. The molecule has 1 heterocycles. The van der Waals surface area contributed by atoms with Crippen LogP contribution < -0.4 is 0 Å². The molecule has 1 N–H and O–H groups in total. The van der Waals surface area contributed by atoms with Gasteiger partial charge in [0, 0.05) is 10.6 Å². The van der Waals surface area contributed by atoms with E-state index in [1.165, 1.54) is 0 Å². The summed E-state index contributed by atoms with van der Waals surface area (Å²) < 4.78 is 5.18. The first-order valence-electron chi connectivity index (χ1n) is 6.61. The van der Waals surface area contributed by atoms with Crippen molar-refractivity contribution in [3.8, 4) is 11.4 Å². The van der Waals surface area contributed by atoms with Crippen LogP contribution >= 0.6 is 11.6 Å². The molecule has 0 radical (unpaired) electrons. The molecule has 0 fully saturated rings. The molecule has 0 unspecified atom stereocenters. The Morgan fingerprint density at radius 2 is 2.10 bits per heavy atom. The van der Waals surface area contributed by atoms with Crippen molar-refractivity contribution < 1.29 is 14.4 Å². The topological polar surface area (TPSA) is 79.5 Å². The number of benzene rings is 1. The molecule has 2 rings (SSSR count). The molecule has 0 aliphatic carbocycles. The minimum absolute atomic E-state index is 0.0491. The molecule has 0 saturated carbocycles. The monoisotopic (exact) mass is 309 g/mol. The van der Waals surface area contributed by atoms with Gasteiger partial charge in [-0.2, -0.15) is 4.98 Å². The predicted octanol–water partition coefficient (Wildman–Crippen LogP) is 2.69. The van der Waals surface area contributed by atoms with Crippen LogP contribution in [0.3, 0.4) is 0 Å². The third-order valence-corrected chi connectivity index (χ3v) is 3.08. The van der Waals surface area contributed by atoms with E-state index in [1.807, 2.05) is 6.92 Å². The number of halogens is 1. The molecule has 1 aromatic heterocycles. The molecule has 21 heavy (non-hydrogen) atoms. The first-order valence-corrected chi connectivity index (χ1v) is 6.99. The summed E-state index contributed by atoms with van der Waals surface area (Å²) in [6.45, 7) is 2.92. The fourth-order valence-corrected chi connectivity index (χ4v) is 2.07. The second-order valence-corrected chi connectivity index (χ2v) is 5.06. The van der Waals surface area contributed by atoms with E-state index in [9.17, 15) is 4.79 Å². The molecule has 6 nitrogen and oxygen atoms in total. The van der Waals surface area contributed by atoms with Crippen LogP contribution in [-0.2, 0) is 11.3 Å². The molecule has 7 heteroatoms. The third-order valence-electron chi connectivity index (χ3n) is 2.83. The highest BCUT2D eigenvalue weighted by atomic mass is 35.5. The number of carboxylic acids is 1. The molecule has 0 aliphatic heterocycles. The SMILES string of the molecule is CCCN(CC(=O)O)Cc1nc(-c2ccc(Cl)cc2)no1. The van der Waals surface area contributed by atoms with E-state index in [2.05, 4.69) is 10.1 Å². The Kier molecular flexibility index (Phi) is 5.30. The van der Waals surface area contributed by atoms with Crippen molar-refractivity contribution in [2.45, 2.75) is 19.9 Å². The Morgan fingerprint density at radius 3 is 2.71 bits per heavy atom.